The summed E-state index contributed by atoms with van der Waals surface area (Å²) in [5.74, 6) is 0.808. The molecule has 12 heavy (non-hydrogen) atoms. The molecule has 0 heterocycles. The molecule has 0 aromatic carbocycles. The van der Waals surface area contributed by atoms with Crippen molar-refractivity contribution in [2.24, 2.45) is 11.7 Å². The third kappa shape index (κ3) is 3.57. The number of rotatable bonds is 1. The summed E-state index contributed by atoms with van der Waals surface area (Å²) in [6, 6.07) is 0.420. The molecule has 1 nitrogen and oxygen atoms in total. The van der Waals surface area contributed by atoms with Gasteiger partial charge in [-0.15, -0.1) is 0 Å². The second-order valence-corrected chi connectivity index (χ2v) is 4.32. The zero-order chi connectivity index (χ0) is 8.81. The molecule has 0 bridgehead atoms. The van der Waals surface area contributed by atoms with Crippen LogP contribution in [0.25, 0.3) is 0 Å². The summed E-state index contributed by atoms with van der Waals surface area (Å²) >= 11 is 0. The van der Waals surface area contributed by atoms with E-state index >= 15 is 0 Å². The van der Waals surface area contributed by atoms with Gasteiger partial charge in [-0.2, -0.15) is 0 Å². The van der Waals surface area contributed by atoms with E-state index in [-0.39, 0.29) is 0 Å². The Hall–Kier alpha value is -0.0400. The predicted molar refractivity (Wildman–Crippen MR) is 54.1 cm³/mol. The van der Waals surface area contributed by atoms with Crippen molar-refractivity contribution in [1.29, 1.82) is 0 Å². The van der Waals surface area contributed by atoms with Crippen molar-refractivity contribution in [3.05, 3.63) is 0 Å². The Balaban J connectivity index is 2.28. The van der Waals surface area contributed by atoms with Gasteiger partial charge in [-0.3, -0.25) is 0 Å². The van der Waals surface area contributed by atoms with Gasteiger partial charge in [-0.25, -0.2) is 0 Å². The van der Waals surface area contributed by atoms with Crippen LogP contribution in [0.4, 0.5) is 0 Å². The molecule has 0 saturated heterocycles. The molecule has 1 rings (SSSR count). The van der Waals surface area contributed by atoms with Crippen LogP contribution in [0.5, 0.6) is 0 Å². The minimum Gasteiger partial charge on any atom is -0.328 e. The highest BCUT2D eigenvalue weighted by molar-refractivity contribution is 4.70. The molecular formula is C11H23N. The molecule has 72 valence electrons. The van der Waals surface area contributed by atoms with Crippen molar-refractivity contribution in [2.45, 2.75) is 64.3 Å². The molecule has 1 fully saturated rings. The molecule has 0 radical (unpaired) electrons. The zero-order valence-corrected chi connectivity index (χ0v) is 8.39. The Morgan fingerprint density at radius 2 is 1.33 bits per heavy atom. The van der Waals surface area contributed by atoms with Crippen LogP contribution in [0, 0.1) is 5.92 Å². The van der Waals surface area contributed by atoms with Gasteiger partial charge in [0.2, 0.25) is 0 Å². The molecule has 0 amide bonds. The second-order valence-electron chi connectivity index (χ2n) is 4.32. The van der Waals surface area contributed by atoms with Crippen LogP contribution in [0.15, 0.2) is 0 Å². The van der Waals surface area contributed by atoms with E-state index in [2.05, 4.69) is 6.92 Å². The molecule has 2 N–H and O–H groups in total. The molecule has 1 aliphatic carbocycles. The molecule has 0 spiro atoms. The standard InChI is InChI=1S/C11H23N/c1-10(12)11-8-6-4-2-3-5-7-9-11/h10-11H,2-9,12H2,1H3. The van der Waals surface area contributed by atoms with Crippen molar-refractivity contribution in [2.75, 3.05) is 0 Å². The van der Waals surface area contributed by atoms with Gasteiger partial charge in [0.05, 0.1) is 0 Å². The summed E-state index contributed by atoms with van der Waals surface area (Å²) in [5, 5.41) is 0. The lowest BCUT2D eigenvalue weighted by Gasteiger charge is -2.19. The molecule has 0 aromatic rings. The van der Waals surface area contributed by atoms with Crippen LogP contribution in [0.2, 0.25) is 0 Å². The highest BCUT2D eigenvalue weighted by Crippen LogP contribution is 2.23. The average molecular weight is 169 g/mol. The summed E-state index contributed by atoms with van der Waals surface area (Å²) in [6.07, 6.45) is 11.3. The smallest absolute Gasteiger partial charge is 0.00387 e. The van der Waals surface area contributed by atoms with Crippen LogP contribution >= 0.6 is 0 Å². The van der Waals surface area contributed by atoms with Crippen LogP contribution in [0.1, 0.15) is 58.3 Å². The van der Waals surface area contributed by atoms with E-state index in [0.29, 0.717) is 6.04 Å². The minimum absolute atomic E-state index is 0.420. The summed E-state index contributed by atoms with van der Waals surface area (Å²) < 4.78 is 0. The molecule has 1 aliphatic rings. The maximum absolute atomic E-state index is 5.94. The van der Waals surface area contributed by atoms with Crippen LogP contribution in [-0.4, -0.2) is 6.04 Å². The van der Waals surface area contributed by atoms with Gasteiger partial charge in [0.25, 0.3) is 0 Å². The average Bonchev–Trinajstić information content (AvgIpc) is 2.15. The topological polar surface area (TPSA) is 26.0 Å². The highest BCUT2D eigenvalue weighted by atomic mass is 14.6. The molecule has 1 saturated carbocycles. The highest BCUT2D eigenvalue weighted by Gasteiger charge is 2.13. The minimum atomic E-state index is 0.420. The van der Waals surface area contributed by atoms with Crippen molar-refractivity contribution in [3.63, 3.8) is 0 Å². The van der Waals surface area contributed by atoms with Gasteiger partial charge in [-0.05, 0) is 25.7 Å². The SMILES string of the molecule is CC(N)C1CCCCCCCC1. The van der Waals surface area contributed by atoms with Gasteiger partial charge in [-0.1, -0.05) is 38.5 Å². The zero-order valence-electron chi connectivity index (χ0n) is 8.39. The number of hydrogen-bond donors (Lipinski definition) is 1. The largest absolute Gasteiger partial charge is 0.328 e. The summed E-state index contributed by atoms with van der Waals surface area (Å²) in [6.45, 7) is 2.17. The number of hydrogen-bond acceptors (Lipinski definition) is 1. The molecule has 1 heteroatoms. The first-order chi connectivity index (χ1) is 5.80. The van der Waals surface area contributed by atoms with Gasteiger partial charge in [0.1, 0.15) is 0 Å². The lowest BCUT2D eigenvalue weighted by molar-refractivity contribution is 0.370. The maximum Gasteiger partial charge on any atom is 0.00387 e. The fourth-order valence-electron chi connectivity index (χ4n) is 2.19. The third-order valence-corrected chi connectivity index (χ3v) is 3.14. The Bertz CT molecular complexity index is 99.6. The van der Waals surface area contributed by atoms with Gasteiger partial charge >= 0.3 is 0 Å². The molecule has 1 unspecified atom stereocenters. The van der Waals surface area contributed by atoms with Gasteiger partial charge in [0, 0.05) is 6.04 Å². The van der Waals surface area contributed by atoms with E-state index in [1.54, 1.807) is 0 Å². The first-order valence-electron chi connectivity index (χ1n) is 5.56. The fourth-order valence-corrected chi connectivity index (χ4v) is 2.19. The van der Waals surface area contributed by atoms with E-state index in [0.717, 1.165) is 5.92 Å². The van der Waals surface area contributed by atoms with E-state index in [1.807, 2.05) is 0 Å². The summed E-state index contributed by atoms with van der Waals surface area (Å²) in [7, 11) is 0. The Morgan fingerprint density at radius 1 is 0.917 bits per heavy atom. The molecule has 0 aliphatic heterocycles. The molecular weight excluding hydrogens is 146 g/mol. The molecule has 1 atom stereocenters. The monoisotopic (exact) mass is 169 g/mol. The van der Waals surface area contributed by atoms with Crippen molar-refractivity contribution in [3.8, 4) is 0 Å². The van der Waals surface area contributed by atoms with E-state index in [9.17, 15) is 0 Å². The maximum atomic E-state index is 5.94. The van der Waals surface area contributed by atoms with Crippen LogP contribution in [-0.2, 0) is 0 Å². The lowest BCUT2D eigenvalue weighted by atomic mass is 9.91. The van der Waals surface area contributed by atoms with E-state index < -0.39 is 0 Å². The Labute approximate surface area is 76.7 Å². The second kappa shape index (κ2) is 5.58. The normalized spacial score (nSPS) is 25.5. The Kier molecular flexibility index (Phi) is 4.67. The number of nitrogens with two attached hydrogens (primary N) is 1. The van der Waals surface area contributed by atoms with Crippen LogP contribution in [0.3, 0.4) is 0 Å². The van der Waals surface area contributed by atoms with Crippen molar-refractivity contribution >= 4 is 0 Å². The quantitative estimate of drug-likeness (QED) is 0.641. The van der Waals surface area contributed by atoms with Crippen LogP contribution < -0.4 is 5.73 Å². The predicted octanol–water partition coefficient (Wildman–Crippen LogP) is 3.08. The summed E-state index contributed by atoms with van der Waals surface area (Å²) in [5.41, 5.74) is 5.94. The first kappa shape index (κ1) is 10.0. The lowest BCUT2D eigenvalue weighted by Crippen LogP contribution is -2.26. The summed E-state index contributed by atoms with van der Waals surface area (Å²) in [4.78, 5) is 0. The van der Waals surface area contributed by atoms with Gasteiger partial charge in [0.15, 0.2) is 0 Å². The fraction of sp³-hybridized carbons (Fsp3) is 1.00. The van der Waals surface area contributed by atoms with E-state index in [1.165, 1.54) is 51.4 Å². The Morgan fingerprint density at radius 3 is 1.75 bits per heavy atom. The van der Waals surface area contributed by atoms with Crippen molar-refractivity contribution in [1.82, 2.24) is 0 Å². The molecule has 0 aromatic heterocycles. The third-order valence-electron chi connectivity index (χ3n) is 3.14. The van der Waals surface area contributed by atoms with Gasteiger partial charge < -0.3 is 5.73 Å². The first-order valence-corrected chi connectivity index (χ1v) is 5.56. The van der Waals surface area contributed by atoms with E-state index in [4.69, 9.17) is 5.73 Å². The van der Waals surface area contributed by atoms with Crippen molar-refractivity contribution < 1.29 is 0 Å².